The van der Waals surface area contributed by atoms with Gasteiger partial charge >= 0.3 is 0 Å². The van der Waals surface area contributed by atoms with E-state index in [1.54, 1.807) is 24.7 Å². The van der Waals surface area contributed by atoms with Gasteiger partial charge in [-0.05, 0) is 57.5 Å². The molecule has 5 rings (SSSR count). The zero-order chi connectivity index (χ0) is 27.0. The molecule has 0 saturated carbocycles. The summed E-state index contributed by atoms with van der Waals surface area (Å²) in [6.07, 6.45) is 5.17. The first-order valence-electron chi connectivity index (χ1n) is 12.6. The Morgan fingerprint density at radius 1 is 1.21 bits per heavy atom. The van der Waals surface area contributed by atoms with E-state index in [1.165, 1.54) is 0 Å². The van der Waals surface area contributed by atoms with Gasteiger partial charge in [-0.3, -0.25) is 24.5 Å². The van der Waals surface area contributed by atoms with Gasteiger partial charge in [0.2, 0.25) is 5.91 Å². The van der Waals surface area contributed by atoms with Gasteiger partial charge in [0.05, 0.1) is 46.4 Å². The van der Waals surface area contributed by atoms with E-state index in [0.717, 1.165) is 27.4 Å². The molecular weight excluding hydrogens is 504 g/mol. The number of ether oxygens (including phenoxy) is 1. The van der Waals surface area contributed by atoms with E-state index < -0.39 is 11.6 Å². The zero-order valence-electron chi connectivity index (χ0n) is 21.9. The minimum atomic E-state index is -0.540. The fourth-order valence-electron chi connectivity index (χ4n) is 5.10. The molecule has 0 radical (unpaired) electrons. The van der Waals surface area contributed by atoms with Crippen molar-refractivity contribution in [1.82, 2.24) is 25.2 Å². The second kappa shape index (κ2) is 10.3. The van der Waals surface area contributed by atoms with E-state index in [2.05, 4.69) is 30.5 Å². The van der Waals surface area contributed by atoms with E-state index in [-0.39, 0.29) is 18.4 Å². The lowest BCUT2D eigenvalue weighted by atomic mass is 10.0. The SMILES string of the molecule is Cc1ccnc(C)c1C(=O)NCCN1CC(C)(C)OCC1C(=O)Nc1cc(Cl)cc2c1[nH]c1cnccc12. The normalized spacial score (nSPS) is 17.6. The number of morpholine rings is 1. The highest BCUT2D eigenvalue weighted by Crippen LogP contribution is 2.33. The van der Waals surface area contributed by atoms with Crippen LogP contribution < -0.4 is 10.6 Å². The number of H-pyrrole nitrogens is 1. The maximum Gasteiger partial charge on any atom is 0.253 e. The first-order valence-corrected chi connectivity index (χ1v) is 12.9. The van der Waals surface area contributed by atoms with Crippen LogP contribution in [-0.4, -0.2) is 69.6 Å². The summed E-state index contributed by atoms with van der Waals surface area (Å²) < 4.78 is 6.01. The number of aryl methyl sites for hydroxylation is 2. The summed E-state index contributed by atoms with van der Waals surface area (Å²) in [6.45, 7) is 9.33. The Labute approximate surface area is 225 Å². The molecule has 2 amide bonds. The van der Waals surface area contributed by atoms with Crippen LogP contribution in [0.25, 0.3) is 21.8 Å². The number of benzene rings is 1. The Morgan fingerprint density at radius 2 is 2.03 bits per heavy atom. The second-order valence-corrected chi connectivity index (χ2v) is 10.7. The molecule has 1 aliphatic heterocycles. The van der Waals surface area contributed by atoms with Gasteiger partial charge in [0.15, 0.2) is 0 Å². The van der Waals surface area contributed by atoms with Crippen LogP contribution in [0, 0.1) is 13.8 Å². The van der Waals surface area contributed by atoms with Crippen molar-refractivity contribution in [2.75, 3.05) is 31.6 Å². The lowest BCUT2D eigenvalue weighted by Gasteiger charge is -2.42. The maximum absolute atomic E-state index is 13.6. The Balaban J connectivity index is 1.33. The van der Waals surface area contributed by atoms with Gasteiger partial charge in [0.1, 0.15) is 6.04 Å². The number of aromatic amines is 1. The standard InChI is InChI=1S/C28H31ClN6O3/c1-16-5-8-31-17(2)24(16)27(37)32-9-10-35-15-28(3,4)38-14-23(35)26(36)34-21-12-18(29)11-20-19-6-7-30-13-22(19)33-25(20)21/h5-8,11-13,23,33H,9-10,14-15H2,1-4H3,(H,32,37)(H,34,36). The Bertz CT molecular complexity index is 1510. The van der Waals surface area contributed by atoms with Gasteiger partial charge < -0.3 is 20.4 Å². The van der Waals surface area contributed by atoms with Crippen molar-refractivity contribution in [3.8, 4) is 0 Å². The van der Waals surface area contributed by atoms with Gasteiger partial charge in [-0.2, -0.15) is 0 Å². The number of hydrogen-bond acceptors (Lipinski definition) is 6. The number of carbonyl (C=O) groups excluding carboxylic acids is 2. The highest BCUT2D eigenvalue weighted by molar-refractivity contribution is 6.33. The number of anilines is 1. The highest BCUT2D eigenvalue weighted by Gasteiger charge is 2.37. The molecule has 198 valence electrons. The van der Waals surface area contributed by atoms with Crippen LogP contribution in [-0.2, 0) is 9.53 Å². The molecule has 9 nitrogen and oxygen atoms in total. The number of rotatable bonds is 6. The molecule has 4 aromatic rings. The fourth-order valence-corrected chi connectivity index (χ4v) is 5.32. The van der Waals surface area contributed by atoms with Crippen LogP contribution in [0.3, 0.4) is 0 Å². The number of amides is 2. The summed E-state index contributed by atoms with van der Waals surface area (Å²) in [4.78, 5) is 40.2. The highest BCUT2D eigenvalue weighted by atomic mass is 35.5. The molecule has 1 saturated heterocycles. The maximum atomic E-state index is 13.6. The largest absolute Gasteiger partial charge is 0.372 e. The number of fused-ring (bicyclic) bond motifs is 3. The van der Waals surface area contributed by atoms with Crippen molar-refractivity contribution in [3.05, 3.63) is 64.7 Å². The smallest absolute Gasteiger partial charge is 0.253 e. The molecule has 1 aromatic carbocycles. The third-order valence-electron chi connectivity index (χ3n) is 6.95. The predicted octanol–water partition coefficient (Wildman–Crippen LogP) is 4.23. The van der Waals surface area contributed by atoms with Gasteiger partial charge in [-0.1, -0.05) is 11.6 Å². The summed E-state index contributed by atoms with van der Waals surface area (Å²) in [5.41, 5.74) is 3.96. The molecule has 0 bridgehead atoms. The molecule has 0 aliphatic carbocycles. The third-order valence-corrected chi connectivity index (χ3v) is 7.17. The van der Waals surface area contributed by atoms with Gasteiger partial charge in [0.25, 0.3) is 5.91 Å². The summed E-state index contributed by atoms with van der Waals surface area (Å²) in [6, 6.07) is 6.81. The quantitative estimate of drug-likeness (QED) is 0.341. The van der Waals surface area contributed by atoms with Gasteiger partial charge in [-0.15, -0.1) is 0 Å². The van der Waals surface area contributed by atoms with Gasteiger partial charge in [0, 0.05) is 47.8 Å². The number of nitrogens with one attached hydrogen (secondary N) is 3. The molecule has 0 spiro atoms. The minimum Gasteiger partial charge on any atom is -0.372 e. The summed E-state index contributed by atoms with van der Waals surface area (Å²) in [7, 11) is 0. The fraction of sp³-hybridized carbons (Fsp3) is 0.357. The van der Waals surface area contributed by atoms with Crippen LogP contribution >= 0.6 is 11.6 Å². The van der Waals surface area contributed by atoms with Crippen molar-refractivity contribution in [2.45, 2.75) is 39.3 Å². The first kappa shape index (κ1) is 26.1. The molecule has 1 aliphatic rings. The van der Waals surface area contributed by atoms with Crippen molar-refractivity contribution >= 4 is 50.9 Å². The van der Waals surface area contributed by atoms with Crippen molar-refractivity contribution in [2.24, 2.45) is 0 Å². The Morgan fingerprint density at radius 3 is 2.82 bits per heavy atom. The Kier molecular flexibility index (Phi) is 7.09. The van der Waals surface area contributed by atoms with Crippen LogP contribution in [0.15, 0.2) is 42.9 Å². The molecular formula is C28H31ClN6O3. The molecule has 4 heterocycles. The van der Waals surface area contributed by atoms with Gasteiger partial charge in [-0.25, -0.2) is 0 Å². The lowest BCUT2D eigenvalue weighted by Crippen LogP contribution is -2.59. The third kappa shape index (κ3) is 5.22. The zero-order valence-corrected chi connectivity index (χ0v) is 22.6. The topological polar surface area (TPSA) is 112 Å². The number of aromatic nitrogens is 3. The van der Waals surface area contributed by atoms with E-state index in [1.807, 2.05) is 45.9 Å². The molecule has 38 heavy (non-hydrogen) atoms. The van der Waals surface area contributed by atoms with Crippen LogP contribution in [0.1, 0.15) is 35.5 Å². The number of nitrogens with zero attached hydrogens (tertiary/aromatic N) is 3. The van der Waals surface area contributed by atoms with Crippen molar-refractivity contribution < 1.29 is 14.3 Å². The number of hydrogen-bond donors (Lipinski definition) is 3. The van der Waals surface area contributed by atoms with Crippen LogP contribution in [0.4, 0.5) is 5.69 Å². The van der Waals surface area contributed by atoms with E-state index >= 15 is 0 Å². The molecule has 1 fully saturated rings. The predicted molar refractivity (Wildman–Crippen MR) is 149 cm³/mol. The number of carbonyl (C=O) groups is 2. The van der Waals surface area contributed by atoms with Crippen LogP contribution in [0.5, 0.6) is 0 Å². The van der Waals surface area contributed by atoms with E-state index in [9.17, 15) is 9.59 Å². The Hall–Kier alpha value is -3.53. The van der Waals surface area contributed by atoms with Crippen molar-refractivity contribution in [1.29, 1.82) is 0 Å². The molecule has 3 N–H and O–H groups in total. The van der Waals surface area contributed by atoms with Crippen molar-refractivity contribution in [3.63, 3.8) is 0 Å². The number of pyridine rings is 2. The molecule has 1 unspecified atom stereocenters. The second-order valence-electron chi connectivity index (χ2n) is 10.3. The number of halogens is 1. The monoisotopic (exact) mass is 534 g/mol. The molecule has 10 heteroatoms. The summed E-state index contributed by atoms with van der Waals surface area (Å²) >= 11 is 6.43. The van der Waals surface area contributed by atoms with E-state index in [0.29, 0.717) is 41.6 Å². The lowest BCUT2D eigenvalue weighted by molar-refractivity contribution is -0.142. The average Bonchev–Trinajstić information content (AvgIpc) is 3.22. The summed E-state index contributed by atoms with van der Waals surface area (Å²) in [5.74, 6) is -0.373. The average molecular weight is 535 g/mol. The van der Waals surface area contributed by atoms with Crippen LogP contribution in [0.2, 0.25) is 5.02 Å². The molecule has 1 atom stereocenters. The minimum absolute atomic E-state index is 0.170. The summed E-state index contributed by atoms with van der Waals surface area (Å²) in [5, 5.41) is 8.46. The van der Waals surface area contributed by atoms with E-state index in [4.69, 9.17) is 16.3 Å². The first-order chi connectivity index (χ1) is 18.1. The molecule has 3 aromatic heterocycles.